The van der Waals surface area contributed by atoms with Gasteiger partial charge in [0.05, 0.1) is 30.1 Å². The molecule has 0 aliphatic carbocycles. The predicted molar refractivity (Wildman–Crippen MR) is 189 cm³/mol. The van der Waals surface area contributed by atoms with E-state index in [1.807, 2.05) is 35.1 Å². The maximum Gasteiger partial charge on any atom is 0.258 e. The number of ether oxygens (including phenoxy) is 1. The number of hydrogen-bond acceptors (Lipinski definition) is 12. The number of carbonyl (C=O) groups is 3. The lowest BCUT2D eigenvalue weighted by Crippen LogP contribution is -2.36. The second kappa shape index (κ2) is 17.1. The first-order valence-corrected chi connectivity index (χ1v) is 17.1. The number of nitrogen functional groups attached to an aromatic ring is 1. The van der Waals surface area contributed by atoms with Crippen LogP contribution in [-0.2, 0) is 40.3 Å². The number of furan rings is 1. The zero-order chi connectivity index (χ0) is 36.3. The van der Waals surface area contributed by atoms with Crippen molar-refractivity contribution in [1.29, 1.82) is 0 Å². The van der Waals surface area contributed by atoms with Gasteiger partial charge in [0.1, 0.15) is 5.75 Å². The monoisotopic (exact) mass is 711 g/mol. The summed E-state index contributed by atoms with van der Waals surface area (Å²) >= 11 is 0. The highest BCUT2D eigenvalue weighted by Crippen LogP contribution is 2.24. The maximum absolute atomic E-state index is 12.2. The van der Waals surface area contributed by atoms with Crippen LogP contribution in [0, 0.1) is 0 Å². The lowest BCUT2D eigenvalue weighted by molar-refractivity contribution is -0.124. The van der Waals surface area contributed by atoms with Crippen molar-refractivity contribution in [2.24, 2.45) is 0 Å². The second-order valence-corrected chi connectivity index (χ2v) is 12.1. The van der Waals surface area contributed by atoms with E-state index in [1.54, 1.807) is 29.3 Å². The molecule has 0 aliphatic rings. The van der Waals surface area contributed by atoms with Gasteiger partial charge in [0.15, 0.2) is 23.7 Å². The molecule has 3 amide bonds. The lowest BCUT2D eigenvalue weighted by Gasteiger charge is -2.09. The van der Waals surface area contributed by atoms with Crippen LogP contribution in [0.25, 0.3) is 28.3 Å². The van der Waals surface area contributed by atoms with E-state index in [9.17, 15) is 14.4 Å². The standard InChI is InChI=1S/C34H41N13O5/c1-23(48)36-16-18-45-21-25(42-44-45)7-2-3-9-29(49)37-14-15-38-30(50)22-52-26-12-10-24(11-13-26)6-4-17-46-32-27(20-39-46)33-40-31(28-8-5-19-51-28)43-47(33)34(35)41-32/h5,8,10-13,19-21H,2-4,6-7,9,14-18,22H2,1H3,(H2,35,41)(H,36,48)(H,37,49)(H,38,50). The summed E-state index contributed by atoms with van der Waals surface area (Å²) in [6.45, 7) is 3.65. The van der Waals surface area contributed by atoms with E-state index in [1.165, 1.54) is 11.4 Å². The molecule has 0 fully saturated rings. The van der Waals surface area contributed by atoms with Crippen molar-refractivity contribution in [3.8, 4) is 17.3 Å². The zero-order valence-electron chi connectivity index (χ0n) is 28.8. The van der Waals surface area contributed by atoms with E-state index in [2.05, 4.69) is 46.4 Å². The molecule has 0 aliphatic heterocycles. The van der Waals surface area contributed by atoms with Gasteiger partial charge in [-0.3, -0.25) is 19.1 Å². The van der Waals surface area contributed by atoms with E-state index in [-0.39, 0.29) is 30.3 Å². The van der Waals surface area contributed by atoms with Gasteiger partial charge in [-0.25, -0.2) is 9.67 Å². The highest BCUT2D eigenvalue weighted by molar-refractivity contribution is 5.90. The number of rotatable bonds is 19. The number of unbranched alkanes of at least 4 members (excludes halogenated alkanes) is 1. The first kappa shape index (κ1) is 35.5. The summed E-state index contributed by atoms with van der Waals surface area (Å²) in [5.41, 5.74) is 9.36. The number of nitrogens with one attached hydrogen (secondary N) is 3. The summed E-state index contributed by atoms with van der Waals surface area (Å²) in [5, 5.41) is 26.1. The zero-order valence-corrected chi connectivity index (χ0v) is 28.8. The number of nitrogens with two attached hydrogens (primary N) is 1. The third-order valence-electron chi connectivity index (χ3n) is 8.12. The molecule has 0 saturated carbocycles. The number of aromatic nitrogens is 9. The fraction of sp³-hybridized carbons (Fsp3) is 0.382. The van der Waals surface area contributed by atoms with Gasteiger partial charge in [-0.15, -0.1) is 10.2 Å². The van der Waals surface area contributed by atoms with E-state index < -0.39 is 0 Å². The van der Waals surface area contributed by atoms with E-state index in [0.717, 1.165) is 35.9 Å². The van der Waals surface area contributed by atoms with Gasteiger partial charge in [0.2, 0.25) is 23.6 Å². The Morgan fingerprint density at radius 2 is 1.73 bits per heavy atom. The van der Waals surface area contributed by atoms with E-state index in [0.29, 0.717) is 80.6 Å². The summed E-state index contributed by atoms with van der Waals surface area (Å²) in [4.78, 5) is 44.5. The van der Waals surface area contributed by atoms with Crippen molar-refractivity contribution >= 4 is 40.4 Å². The minimum atomic E-state index is -0.273. The SMILES string of the molecule is CC(=O)NCCn1cc(CCCCC(=O)NCCNC(=O)COc2ccc(CCCn3ncc4c3nc(N)n3nc(-c5ccco5)nc43)cc2)nn1. The molecule has 18 nitrogen and oxygen atoms in total. The van der Waals surface area contributed by atoms with Gasteiger partial charge in [0, 0.05) is 45.7 Å². The topological polar surface area (TPSA) is 227 Å². The highest BCUT2D eigenvalue weighted by Gasteiger charge is 2.17. The molecule has 0 bridgehead atoms. The van der Waals surface area contributed by atoms with Crippen LogP contribution in [-0.4, -0.2) is 88.3 Å². The fourth-order valence-corrected chi connectivity index (χ4v) is 5.51. The van der Waals surface area contributed by atoms with E-state index >= 15 is 0 Å². The minimum Gasteiger partial charge on any atom is -0.484 e. The number of nitrogens with zero attached hydrogens (tertiary/aromatic N) is 9. The van der Waals surface area contributed by atoms with Crippen molar-refractivity contribution in [3.63, 3.8) is 0 Å². The summed E-state index contributed by atoms with van der Waals surface area (Å²) < 4.78 is 16.0. The molecular formula is C34H41N13O5. The quantitative estimate of drug-likeness (QED) is 0.0881. The van der Waals surface area contributed by atoms with Crippen LogP contribution in [0.15, 0.2) is 59.5 Å². The molecule has 52 heavy (non-hydrogen) atoms. The average Bonchev–Trinajstić information content (AvgIpc) is 3.96. The van der Waals surface area contributed by atoms with Crippen molar-refractivity contribution in [1.82, 2.24) is 60.3 Å². The van der Waals surface area contributed by atoms with Crippen LogP contribution in [0.4, 0.5) is 5.95 Å². The molecule has 5 heterocycles. The normalized spacial score (nSPS) is 11.2. The van der Waals surface area contributed by atoms with Crippen LogP contribution in [0.5, 0.6) is 5.75 Å². The predicted octanol–water partition coefficient (Wildman–Crippen LogP) is 1.70. The fourth-order valence-electron chi connectivity index (χ4n) is 5.51. The number of fused-ring (bicyclic) bond motifs is 3. The molecule has 0 radical (unpaired) electrons. The molecule has 0 spiro atoms. The highest BCUT2D eigenvalue weighted by atomic mass is 16.5. The molecule has 5 N–H and O–H groups in total. The van der Waals surface area contributed by atoms with Gasteiger partial charge < -0.3 is 30.8 Å². The molecule has 5 aromatic heterocycles. The molecule has 6 rings (SSSR count). The second-order valence-electron chi connectivity index (χ2n) is 12.1. The average molecular weight is 712 g/mol. The van der Waals surface area contributed by atoms with Crippen LogP contribution in [0.1, 0.15) is 43.9 Å². The Hall–Kier alpha value is -6.33. The third-order valence-corrected chi connectivity index (χ3v) is 8.12. The molecule has 18 heteroatoms. The minimum absolute atomic E-state index is 0.0719. The van der Waals surface area contributed by atoms with Crippen LogP contribution in [0.2, 0.25) is 0 Å². The lowest BCUT2D eigenvalue weighted by atomic mass is 10.1. The van der Waals surface area contributed by atoms with Gasteiger partial charge in [-0.2, -0.15) is 14.6 Å². The first-order valence-electron chi connectivity index (χ1n) is 17.1. The smallest absolute Gasteiger partial charge is 0.258 e. The Morgan fingerprint density at radius 1 is 0.904 bits per heavy atom. The molecule has 0 saturated heterocycles. The Morgan fingerprint density at radius 3 is 2.52 bits per heavy atom. The van der Waals surface area contributed by atoms with Gasteiger partial charge in [0.25, 0.3) is 5.91 Å². The summed E-state index contributed by atoms with van der Waals surface area (Å²) in [5.74, 6) is 1.33. The molecular weight excluding hydrogens is 670 g/mol. The van der Waals surface area contributed by atoms with Crippen LogP contribution in [0.3, 0.4) is 0 Å². The maximum atomic E-state index is 12.2. The molecule has 1 aromatic carbocycles. The Bertz CT molecular complexity index is 2100. The Balaban J connectivity index is 0.836. The van der Waals surface area contributed by atoms with Gasteiger partial charge in [-0.05, 0) is 61.9 Å². The largest absolute Gasteiger partial charge is 0.484 e. The number of aryl methyl sites for hydroxylation is 3. The van der Waals surface area contributed by atoms with Crippen molar-refractivity contribution in [2.75, 3.05) is 32.0 Å². The Kier molecular flexibility index (Phi) is 11.6. The molecule has 0 unspecified atom stereocenters. The number of hydrogen-bond donors (Lipinski definition) is 4. The number of amides is 3. The van der Waals surface area contributed by atoms with Crippen LogP contribution >= 0.6 is 0 Å². The molecule has 272 valence electrons. The number of carbonyl (C=O) groups excluding carboxylic acids is 3. The number of benzene rings is 1. The van der Waals surface area contributed by atoms with Crippen molar-refractivity contribution in [2.45, 2.75) is 58.5 Å². The third kappa shape index (κ3) is 9.46. The summed E-state index contributed by atoms with van der Waals surface area (Å²) in [6.07, 6.45) is 9.34. The Labute approximate surface area is 298 Å². The molecule has 0 atom stereocenters. The van der Waals surface area contributed by atoms with E-state index in [4.69, 9.17) is 14.9 Å². The van der Waals surface area contributed by atoms with Crippen LogP contribution < -0.4 is 26.4 Å². The summed E-state index contributed by atoms with van der Waals surface area (Å²) in [7, 11) is 0. The first-order chi connectivity index (χ1) is 25.3. The van der Waals surface area contributed by atoms with Gasteiger partial charge >= 0.3 is 0 Å². The van der Waals surface area contributed by atoms with Gasteiger partial charge in [-0.1, -0.05) is 17.3 Å². The van der Waals surface area contributed by atoms with Crippen molar-refractivity contribution in [3.05, 3.63) is 66.3 Å². The molecule has 6 aromatic rings. The number of anilines is 1. The van der Waals surface area contributed by atoms with Crippen molar-refractivity contribution < 1.29 is 23.5 Å². The summed E-state index contributed by atoms with van der Waals surface area (Å²) in [6, 6.07) is 11.2.